The Labute approximate surface area is 150 Å². The van der Waals surface area contributed by atoms with Crippen LogP contribution in [-0.4, -0.2) is 34.3 Å². The van der Waals surface area contributed by atoms with Crippen molar-refractivity contribution in [3.05, 3.63) is 0 Å². The number of fused-ring (bicyclic) bond motifs is 1. The van der Waals surface area contributed by atoms with Gasteiger partial charge in [-0.15, -0.1) is 0 Å². The Morgan fingerprint density at radius 3 is 2.15 bits per heavy atom. The van der Waals surface area contributed by atoms with Crippen LogP contribution in [0.4, 0.5) is 26.3 Å². The van der Waals surface area contributed by atoms with E-state index in [1.54, 1.807) is 0 Å². The molecule has 5 atom stereocenters. The Bertz CT molecular complexity index is 475. The van der Waals surface area contributed by atoms with Gasteiger partial charge in [0, 0.05) is 0 Å². The molecular formula is C18H28F6O2. The number of halogens is 6. The van der Waals surface area contributed by atoms with Crippen LogP contribution in [0.5, 0.6) is 0 Å². The number of rotatable bonds is 5. The predicted molar refractivity (Wildman–Crippen MR) is 84.3 cm³/mol. The van der Waals surface area contributed by atoms with Crippen molar-refractivity contribution in [2.45, 2.75) is 89.3 Å². The molecule has 0 aromatic heterocycles. The van der Waals surface area contributed by atoms with Crippen molar-refractivity contribution in [2.75, 3.05) is 0 Å². The van der Waals surface area contributed by atoms with E-state index in [1.807, 2.05) is 6.92 Å². The minimum absolute atomic E-state index is 0.0546. The summed E-state index contributed by atoms with van der Waals surface area (Å²) in [5, 5.41) is 19.5. The Hall–Kier alpha value is -0.500. The van der Waals surface area contributed by atoms with Gasteiger partial charge in [0.05, 0.1) is 6.10 Å². The number of hydrogen-bond acceptors (Lipinski definition) is 2. The first-order valence-electron chi connectivity index (χ1n) is 9.28. The van der Waals surface area contributed by atoms with E-state index in [2.05, 4.69) is 6.92 Å². The van der Waals surface area contributed by atoms with Gasteiger partial charge in [-0.25, -0.2) is 0 Å². The normalized spacial score (nSPS) is 34.6. The minimum atomic E-state index is -5.74. The second-order valence-corrected chi connectivity index (χ2v) is 8.48. The van der Waals surface area contributed by atoms with Gasteiger partial charge in [-0.1, -0.05) is 26.7 Å². The van der Waals surface area contributed by atoms with E-state index in [4.69, 9.17) is 0 Å². The van der Waals surface area contributed by atoms with Crippen LogP contribution in [0, 0.1) is 23.2 Å². The maximum atomic E-state index is 12.8. The minimum Gasteiger partial charge on any atom is -0.393 e. The summed E-state index contributed by atoms with van der Waals surface area (Å²) in [6.07, 6.45) is -9.13. The summed E-state index contributed by atoms with van der Waals surface area (Å²) in [7, 11) is 0. The number of alkyl halides is 6. The summed E-state index contributed by atoms with van der Waals surface area (Å²) < 4.78 is 76.5. The van der Waals surface area contributed by atoms with Crippen LogP contribution in [0.15, 0.2) is 0 Å². The molecule has 0 radical (unpaired) electrons. The monoisotopic (exact) mass is 390 g/mol. The Kier molecular flexibility index (Phi) is 5.99. The zero-order valence-electron chi connectivity index (χ0n) is 15.1. The summed E-state index contributed by atoms with van der Waals surface area (Å²) in [4.78, 5) is 0. The number of aliphatic hydroxyl groups is 2. The molecule has 0 aromatic rings. The first-order valence-corrected chi connectivity index (χ1v) is 9.28. The lowest BCUT2D eigenvalue weighted by Gasteiger charge is -2.45. The molecule has 0 aromatic carbocycles. The van der Waals surface area contributed by atoms with E-state index < -0.39 is 24.4 Å². The molecule has 2 nitrogen and oxygen atoms in total. The van der Waals surface area contributed by atoms with Gasteiger partial charge >= 0.3 is 12.4 Å². The first-order chi connectivity index (χ1) is 11.7. The fraction of sp³-hybridized carbons (Fsp3) is 1.00. The summed E-state index contributed by atoms with van der Waals surface area (Å²) in [5.41, 5.74) is -4.76. The van der Waals surface area contributed by atoms with E-state index in [0.29, 0.717) is 0 Å². The van der Waals surface area contributed by atoms with Crippen molar-refractivity contribution in [1.82, 2.24) is 0 Å². The third-order valence-electron chi connectivity index (χ3n) is 6.99. The van der Waals surface area contributed by atoms with Crippen molar-refractivity contribution in [1.29, 1.82) is 0 Å². The molecule has 0 heterocycles. The molecule has 0 bridgehead atoms. The fourth-order valence-electron chi connectivity index (χ4n) is 5.45. The van der Waals surface area contributed by atoms with Crippen LogP contribution in [0.3, 0.4) is 0 Å². The van der Waals surface area contributed by atoms with E-state index in [0.717, 1.165) is 32.1 Å². The molecule has 0 amide bonds. The van der Waals surface area contributed by atoms with Gasteiger partial charge in [0.25, 0.3) is 5.60 Å². The standard InChI is InChI=1S/C18H28F6O2/c1-11(5-3-10-16(26,17(19,20)21)18(22,23)24)12-7-8-13-14(25)6-4-9-15(12,13)2/h11-14,25-26H,3-10H2,1-2H3/t11-,12-,13+,14+,15-/m1/s1. The van der Waals surface area contributed by atoms with Crippen LogP contribution in [0.2, 0.25) is 0 Å². The van der Waals surface area contributed by atoms with E-state index in [9.17, 15) is 36.6 Å². The smallest absolute Gasteiger partial charge is 0.393 e. The molecule has 0 aliphatic heterocycles. The third kappa shape index (κ3) is 3.73. The molecule has 154 valence electrons. The second-order valence-electron chi connectivity index (χ2n) is 8.48. The van der Waals surface area contributed by atoms with Gasteiger partial charge in [0.2, 0.25) is 0 Å². The Morgan fingerprint density at radius 2 is 1.62 bits per heavy atom. The Morgan fingerprint density at radius 1 is 1.04 bits per heavy atom. The summed E-state index contributed by atoms with van der Waals surface area (Å²) >= 11 is 0. The lowest BCUT2D eigenvalue weighted by atomic mass is 9.61. The largest absolute Gasteiger partial charge is 0.426 e. The van der Waals surface area contributed by atoms with E-state index in [1.165, 1.54) is 0 Å². The van der Waals surface area contributed by atoms with Gasteiger partial charge in [-0.3, -0.25) is 0 Å². The summed E-state index contributed by atoms with van der Waals surface area (Å²) in [6, 6.07) is 0. The lowest BCUT2D eigenvalue weighted by Crippen LogP contribution is -2.56. The average Bonchev–Trinajstić information content (AvgIpc) is 2.83. The topological polar surface area (TPSA) is 40.5 Å². The first kappa shape index (κ1) is 21.8. The van der Waals surface area contributed by atoms with Crippen molar-refractivity contribution >= 4 is 0 Å². The van der Waals surface area contributed by atoms with Crippen LogP contribution in [0.25, 0.3) is 0 Å². The molecule has 2 aliphatic rings. The highest BCUT2D eigenvalue weighted by Crippen LogP contribution is 2.58. The quantitative estimate of drug-likeness (QED) is 0.632. The van der Waals surface area contributed by atoms with Gasteiger partial charge < -0.3 is 10.2 Å². The highest BCUT2D eigenvalue weighted by molar-refractivity contribution is 5.02. The molecule has 0 saturated heterocycles. The summed E-state index contributed by atoms with van der Waals surface area (Å²) in [6.45, 7) is 3.95. The van der Waals surface area contributed by atoms with Gasteiger partial charge in [-0.05, 0) is 61.7 Å². The fourth-order valence-corrected chi connectivity index (χ4v) is 5.45. The maximum absolute atomic E-state index is 12.8. The van der Waals surface area contributed by atoms with Gasteiger partial charge in [0.1, 0.15) is 0 Å². The molecule has 0 unspecified atom stereocenters. The zero-order valence-corrected chi connectivity index (χ0v) is 15.1. The van der Waals surface area contributed by atoms with Crippen molar-refractivity contribution < 1.29 is 36.6 Å². The van der Waals surface area contributed by atoms with Crippen molar-refractivity contribution in [3.8, 4) is 0 Å². The molecule has 2 N–H and O–H groups in total. The van der Waals surface area contributed by atoms with Gasteiger partial charge in [-0.2, -0.15) is 26.3 Å². The van der Waals surface area contributed by atoms with E-state index >= 15 is 0 Å². The third-order valence-corrected chi connectivity index (χ3v) is 6.99. The highest BCUT2D eigenvalue weighted by Gasteiger charge is 2.69. The SMILES string of the molecule is C[C@H](CCCC(O)(C(F)(F)F)C(F)(F)F)[C@H]1CC[C@H]2[C@@H](O)CCC[C@]12C. The maximum Gasteiger partial charge on any atom is 0.426 e. The zero-order chi connectivity index (χ0) is 20.0. The van der Waals surface area contributed by atoms with Crippen LogP contribution < -0.4 is 0 Å². The molecule has 2 rings (SSSR count). The molecule has 2 fully saturated rings. The molecular weight excluding hydrogens is 362 g/mol. The molecule has 2 saturated carbocycles. The predicted octanol–water partition coefficient (Wildman–Crippen LogP) is 5.23. The highest BCUT2D eigenvalue weighted by atomic mass is 19.4. The number of aliphatic hydroxyl groups excluding tert-OH is 1. The molecule has 8 heteroatoms. The van der Waals surface area contributed by atoms with E-state index in [-0.39, 0.29) is 42.1 Å². The van der Waals surface area contributed by atoms with Gasteiger partial charge in [0.15, 0.2) is 0 Å². The van der Waals surface area contributed by atoms with Crippen LogP contribution >= 0.6 is 0 Å². The van der Waals surface area contributed by atoms with Crippen molar-refractivity contribution in [2.24, 2.45) is 23.2 Å². The molecule has 2 aliphatic carbocycles. The van der Waals surface area contributed by atoms with Crippen LogP contribution in [-0.2, 0) is 0 Å². The molecule has 26 heavy (non-hydrogen) atoms. The second kappa shape index (κ2) is 7.15. The van der Waals surface area contributed by atoms with Crippen molar-refractivity contribution in [3.63, 3.8) is 0 Å². The molecule has 0 spiro atoms. The van der Waals surface area contributed by atoms with Crippen LogP contribution in [0.1, 0.15) is 65.2 Å². The lowest BCUT2D eigenvalue weighted by molar-refractivity contribution is -0.370. The average molecular weight is 390 g/mol. The Balaban J connectivity index is 1.99. The summed E-state index contributed by atoms with van der Waals surface area (Å²) in [5.74, 6) is 0.277. The number of hydrogen-bond donors (Lipinski definition) is 2.